The number of amides is 1. The summed E-state index contributed by atoms with van der Waals surface area (Å²) >= 11 is 0. The Hall–Kier alpha value is -2.19. The average molecular weight is 354 g/mol. The van der Waals surface area contributed by atoms with Crippen molar-refractivity contribution < 1.29 is 22.7 Å². The molecule has 0 bridgehead atoms. The number of hydrogen-bond acceptors (Lipinski definition) is 5. The molecule has 1 aromatic carbocycles. The molecule has 0 fully saturated rings. The topological polar surface area (TPSA) is 102 Å². The Morgan fingerprint density at radius 1 is 1.25 bits per heavy atom. The van der Waals surface area contributed by atoms with Crippen LogP contribution in [0.25, 0.3) is 6.08 Å². The van der Waals surface area contributed by atoms with E-state index in [-0.39, 0.29) is 19.6 Å². The first kappa shape index (κ1) is 19.9. The molecule has 0 saturated carbocycles. The van der Waals surface area contributed by atoms with Crippen LogP contribution in [-0.2, 0) is 24.3 Å². The lowest BCUT2D eigenvalue weighted by Crippen LogP contribution is -2.40. The van der Waals surface area contributed by atoms with E-state index in [2.05, 4.69) is 10.0 Å². The molecule has 1 amide bonds. The highest BCUT2D eigenvalue weighted by Crippen LogP contribution is 2.02. The molecule has 1 aromatic rings. The number of sulfonamides is 1. The van der Waals surface area contributed by atoms with E-state index in [1.165, 1.54) is 13.0 Å². The summed E-state index contributed by atoms with van der Waals surface area (Å²) in [6.45, 7) is 3.34. The number of hydrogen-bond donors (Lipinski definition) is 2. The fourth-order valence-corrected chi connectivity index (χ4v) is 2.55. The molecule has 0 aliphatic rings. The molecule has 0 heterocycles. The molecule has 0 saturated heterocycles. The largest absolute Gasteiger partial charge is 0.464 e. The Morgan fingerprint density at radius 3 is 2.54 bits per heavy atom. The number of carbonyl (C=O) groups excluding carboxylic acids is 2. The van der Waals surface area contributed by atoms with Crippen LogP contribution in [0.2, 0.25) is 0 Å². The molecule has 1 unspecified atom stereocenters. The summed E-state index contributed by atoms with van der Waals surface area (Å²) in [5.74, 6) is -0.970. The molecule has 7 nitrogen and oxygen atoms in total. The van der Waals surface area contributed by atoms with Gasteiger partial charge in [0.25, 0.3) is 0 Å². The molecule has 1 rings (SSSR count). The fraction of sp³-hybridized carbons (Fsp3) is 0.375. The lowest BCUT2D eigenvalue weighted by molar-refractivity contribution is -0.146. The smallest absolute Gasteiger partial charge is 0.328 e. The summed E-state index contributed by atoms with van der Waals surface area (Å²) in [7, 11) is -3.63. The summed E-state index contributed by atoms with van der Waals surface area (Å²) in [4.78, 5) is 23.0. The third-order valence-corrected chi connectivity index (χ3v) is 4.01. The van der Waals surface area contributed by atoms with Crippen LogP contribution >= 0.6 is 0 Å². The van der Waals surface area contributed by atoms with Crippen molar-refractivity contribution >= 4 is 28.0 Å². The van der Waals surface area contributed by atoms with Crippen molar-refractivity contribution in [2.75, 3.05) is 13.2 Å². The second kappa shape index (κ2) is 9.84. The van der Waals surface area contributed by atoms with Crippen molar-refractivity contribution in [1.29, 1.82) is 0 Å². The quantitative estimate of drug-likeness (QED) is 0.645. The Labute approximate surface area is 142 Å². The van der Waals surface area contributed by atoms with Crippen LogP contribution < -0.4 is 10.0 Å². The average Bonchev–Trinajstić information content (AvgIpc) is 2.54. The zero-order valence-electron chi connectivity index (χ0n) is 13.7. The van der Waals surface area contributed by atoms with Crippen molar-refractivity contribution in [3.63, 3.8) is 0 Å². The maximum atomic E-state index is 11.8. The molecule has 0 aromatic heterocycles. The number of carbonyl (C=O) groups is 2. The maximum absolute atomic E-state index is 11.8. The number of benzene rings is 1. The molecule has 1 atom stereocenters. The van der Waals surface area contributed by atoms with Gasteiger partial charge in [-0.3, -0.25) is 4.79 Å². The van der Waals surface area contributed by atoms with Crippen molar-refractivity contribution in [3.05, 3.63) is 41.3 Å². The predicted octanol–water partition coefficient (Wildman–Crippen LogP) is 1.03. The minimum Gasteiger partial charge on any atom is -0.464 e. The third kappa shape index (κ3) is 7.89. The molecule has 0 spiro atoms. The lowest BCUT2D eigenvalue weighted by atomic mass is 10.2. The van der Waals surface area contributed by atoms with Gasteiger partial charge in [0.15, 0.2) is 0 Å². The standard InChI is InChI=1S/C16H22N2O5S/c1-3-23-16(20)13(2)18-15(19)9-11-17-24(21,22)12-10-14-7-5-4-6-8-14/h4-8,10,12-13,17H,3,9,11H2,1-2H3,(H,18,19)/b12-10+. The van der Waals surface area contributed by atoms with E-state index in [1.54, 1.807) is 31.2 Å². The molecular formula is C16H22N2O5S. The molecule has 0 aliphatic carbocycles. The van der Waals surface area contributed by atoms with E-state index in [1.807, 2.05) is 6.07 Å². The van der Waals surface area contributed by atoms with Gasteiger partial charge in [0.05, 0.1) is 6.61 Å². The molecule has 24 heavy (non-hydrogen) atoms. The van der Waals surface area contributed by atoms with E-state index >= 15 is 0 Å². The number of nitrogens with one attached hydrogen (secondary N) is 2. The Kier molecular flexibility index (Phi) is 8.14. The maximum Gasteiger partial charge on any atom is 0.328 e. The predicted molar refractivity (Wildman–Crippen MR) is 91.3 cm³/mol. The highest BCUT2D eigenvalue weighted by atomic mass is 32.2. The van der Waals surface area contributed by atoms with Crippen molar-refractivity contribution in [2.24, 2.45) is 0 Å². The molecule has 8 heteroatoms. The molecular weight excluding hydrogens is 332 g/mol. The van der Waals surface area contributed by atoms with E-state index in [4.69, 9.17) is 4.74 Å². The van der Waals surface area contributed by atoms with Crippen molar-refractivity contribution in [2.45, 2.75) is 26.3 Å². The SMILES string of the molecule is CCOC(=O)C(C)NC(=O)CCNS(=O)(=O)/C=C/c1ccccc1. The van der Waals surface area contributed by atoms with Gasteiger partial charge in [0.1, 0.15) is 6.04 Å². The summed E-state index contributed by atoms with van der Waals surface area (Å²) in [5.41, 5.74) is 0.754. The monoisotopic (exact) mass is 354 g/mol. The van der Waals surface area contributed by atoms with Gasteiger partial charge in [-0.1, -0.05) is 30.3 Å². The first-order chi connectivity index (χ1) is 11.3. The van der Waals surface area contributed by atoms with Gasteiger partial charge in [0, 0.05) is 18.4 Å². The second-order valence-corrected chi connectivity index (χ2v) is 6.59. The van der Waals surface area contributed by atoms with Gasteiger partial charge < -0.3 is 10.1 Å². The summed E-state index contributed by atoms with van der Waals surface area (Å²) in [6.07, 6.45) is 1.38. The van der Waals surface area contributed by atoms with Crippen LogP contribution in [0.1, 0.15) is 25.8 Å². The van der Waals surface area contributed by atoms with E-state index in [0.717, 1.165) is 11.0 Å². The summed E-state index contributed by atoms with van der Waals surface area (Å²) in [5, 5.41) is 3.49. The second-order valence-electron chi connectivity index (χ2n) is 4.94. The third-order valence-electron chi connectivity index (χ3n) is 2.91. The zero-order valence-corrected chi connectivity index (χ0v) is 14.5. The van der Waals surface area contributed by atoms with Gasteiger partial charge in [-0.05, 0) is 25.5 Å². The number of ether oxygens (including phenoxy) is 1. The van der Waals surface area contributed by atoms with E-state index in [0.29, 0.717) is 0 Å². The van der Waals surface area contributed by atoms with Gasteiger partial charge in [-0.2, -0.15) is 0 Å². The van der Waals surface area contributed by atoms with Crippen molar-refractivity contribution in [1.82, 2.24) is 10.0 Å². The number of esters is 1. The number of rotatable bonds is 9. The fourth-order valence-electron chi connectivity index (χ4n) is 1.73. The normalized spacial score (nSPS) is 12.8. The zero-order chi connectivity index (χ0) is 18.0. The first-order valence-corrected chi connectivity index (χ1v) is 9.07. The highest BCUT2D eigenvalue weighted by molar-refractivity contribution is 7.92. The minimum atomic E-state index is -3.63. The minimum absolute atomic E-state index is 0.0666. The van der Waals surface area contributed by atoms with Gasteiger partial charge in [-0.15, -0.1) is 0 Å². The van der Waals surface area contributed by atoms with Gasteiger partial charge >= 0.3 is 5.97 Å². The molecule has 0 radical (unpaired) electrons. The van der Waals surface area contributed by atoms with Gasteiger partial charge in [-0.25, -0.2) is 17.9 Å². The Bertz CT molecular complexity index is 671. The van der Waals surface area contributed by atoms with Crippen LogP contribution in [0.5, 0.6) is 0 Å². The Morgan fingerprint density at radius 2 is 1.92 bits per heavy atom. The van der Waals surface area contributed by atoms with Gasteiger partial charge in [0.2, 0.25) is 15.9 Å². The lowest BCUT2D eigenvalue weighted by Gasteiger charge is -2.12. The van der Waals surface area contributed by atoms with Crippen LogP contribution in [0, 0.1) is 0 Å². The van der Waals surface area contributed by atoms with Crippen LogP contribution in [0.15, 0.2) is 35.7 Å². The summed E-state index contributed by atoms with van der Waals surface area (Å²) in [6, 6.07) is 8.21. The van der Waals surface area contributed by atoms with Crippen LogP contribution in [0.3, 0.4) is 0 Å². The van der Waals surface area contributed by atoms with Crippen molar-refractivity contribution in [3.8, 4) is 0 Å². The highest BCUT2D eigenvalue weighted by Gasteiger charge is 2.16. The molecule has 132 valence electrons. The molecule has 2 N–H and O–H groups in total. The molecule has 0 aliphatic heterocycles. The van der Waals surface area contributed by atoms with Crippen LogP contribution in [0.4, 0.5) is 0 Å². The van der Waals surface area contributed by atoms with Crippen LogP contribution in [-0.4, -0.2) is 39.5 Å². The van der Waals surface area contributed by atoms with E-state index in [9.17, 15) is 18.0 Å². The van der Waals surface area contributed by atoms with E-state index < -0.39 is 27.9 Å². The summed E-state index contributed by atoms with van der Waals surface area (Å²) < 4.78 is 30.7. The first-order valence-electron chi connectivity index (χ1n) is 7.53. The Balaban J connectivity index is 2.39.